The number of nitrogens with one attached hydrogen (secondary N) is 1. The van der Waals surface area contributed by atoms with E-state index in [0.29, 0.717) is 16.9 Å². The molecule has 1 fully saturated rings. The van der Waals surface area contributed by atoms with E-state index in [1.807, 2.05) is 0 Å². The molecule has 0 atom stereocenters. The van der Waals surface area contributed by atoms with Gasteiger partial charge < -0.3 is 16.2 Å². The van der Waals surface area contributed by atoms with Crippen LogP contribution in [0, 0.1) is 12.7 Å². The monoisotopic (exact) mass is 210 g/mol. The maximum atomic E-state index is 13.1. The van der Waals surface area contributed by atoms with E-state index in [9.17, 15) is 4.39 Å². The molecule has 15 heavy (non-hydrogen) atoms. The van der Waals surface area contributed by atoms with E-state index in [4.69, 9.17) is 10.8 Å². The molecule has 0 unspecified atom stereocenters. The van der Waals surface area contributed by atoms with Crippen LogP contribution in [0.1, 0.15) is 18.4 Å². The number of aliphatic hydroxyl groups excluding tert-OH is 1. The molecule has 2 rings (SSSR count). The molecular formula is C11H15FN2O. The molecule has 4 N–H and O–H groups in total. The van der Waals surface area contributed by atoms with Gasteiger partial charge in [-0.2, -0.15) is 0 Å². The molecule has 0 radical (unpaired) electrons. The zero-order chi connectivity index (χ0) is 11.1. The average Bonchev–Trinajstić information content (AvgIpc) is 2.95. The van der Waals surface area contributed by atoms with Crippen molar-refractivity contribution in [2.24, 2.45) is 0 Å². The average molecular weight is 210 g/mol. The summed E-state index contributed by atoms with van der Waals surface area (Å²) in [6.45, 7) is 1.78. The minimum Gasteiger partial charge on any atom is -0.397 e. The van der Waals surface area contributed by atoms with Crippen molar-refractivity contribution in [1.82, 2.24) is 0 Å². The number of aryl methyl sites for hydroxylation is 1. The lowest BCUT2D eigenvalue weighted by atomic mass is 10.1. The first kappa shape index (κ1) is 10.2. The van der Waals surface area contributed by atoms with Gasteiger partial charge in [0.05, 0.1) is 23.5 Å². The highest BCUT2D eigenvalue weighted by Gasteiger charge is 2.42. The summed E-state index contributed by atoms with van der Waals surface area (Å²) in [7, 11) is 0. The van der Waals surface area contributed by atoms with E-state index in [1.54, 1.807) is 13.0 Å². The summed E-state index contributed by atoms with van der Waals surface area (Å²) in [6.07, 6.45) is 1.86. The second-order valence-electron chi connectivity index (χ2n) is 4.25. The SMILES string of the molecule is Cc1cc(NC2(CO)CC2)c(N)cc1F. The van der Waals surface area contributed by atoms with Crippen LogP contribution in [0.3, 0.4) is 0 Å². The van der Waals surface area contributed by atoms with Crippen molar-refractivity contribution in [1.29, 1.82) is 0 Å². The van der Waals surface area contributed by atoms with Gasteiger partial charge in [0.2, 0.25) is 0 Å². The lowest BCUT2D eigenvalue weighted by Crippen LogP contribution is -2.26. The van der Waals surface area contributed by atoms with Gasteiger partial charge in [-0.25, -0.2) is 4.39 Å². The maximum absolute atomic E-state index is 13.1. The lowest BCUT2D eigenvalue weighted by Gasteiger charge is -2.18. The van der Waals surface area contributed by atoms with Crippen LogP contribution in [-0.4, -0.2) is 17.3 Å². The molecule has 0 aromatic heterocycles. The van der Waals surface area contributed by atoms with E-state index in [2.05, 4.69) is 5.32 Å². The highest BCUT2D eigenvalue weighted by atomic mass is 19.1. The largest absolute Gasteiger partial charge is 0.397 e. The van der Waals surface area contributed by atoms with Gasteiger partial charge in [-0.15, -0.1) is 0 Å². The minimum atomic E-state index is -0.299. The Balaban J connectivity index is 2.25. The van der Waals surface area contributed by atoms with Gasteiger partial charge in [-0.3, -0.25) is 0 Å². The highest BCUT2D eigenvalue weighted by molar-refractivity contribution is 5.68. The molecule has 1 aliphatic rings. The Labute approximate surface area is 88.1 Å². The Morgan fingerprint density at radius 1 is 1.53 bits per heavy atom. The summed E-state index contributed by atoms with van der Waals surface area (Å²) in [4.78, 5) is 0. The fourth-order valence-electron chi connectivity index (χ4n) is 1.56. The normalized spacial score (nSPS) is 17.5. The van der Waals surface area contributed by atoms with E-state index < -0.39 is 0 Å². The summed E-state index contributed by atoms with van der Waals surface area (Å²) in [6, 6.07) is 2.99. The third kappa shape index (κ3) is 1.90. The third-order valence-electron chi connectivity index (χ3n) is 2.89. The quantitative estimate of drug-likeness (QED) is 0.665. The maximum Gasteiger partial charge on any atom is 0.128 e. The fourth-order valence-corrected chi connectivity index (χ4v) is 1.56. The molecule has 0 aliphatic heterocycles. The van der Waals surface area contributed by atoms with E-state index in [0.717, 1.165) is 12.8 Å². The topological polar surface area (TPSA) is 58.3 Å². The number of aliphatic hydroxyl groups is 1. The smallest absolute Gasteiger partial charge is 0.128 e. The van der Waals surface area contributed by atoms with Gasteiger partial charge in [-0.1, -0.05) is 0 Å². The third-order valence-corrected chi connectivity index (χ3v) is 2.89. The predicted molar refractivity (Wildman–Crippen MR) is 58.2 cm³/mol. The van der Waals surface area contributed by atoms with Crippen LogP contribution in [0.5, 0.6) is 0 Å². The summed E-state index contributed by atoms with van der Waals surface area (Å²) in [5.41, 5.74) is 7.12. The fraction of sp³-hybridized carbons (Fsp3) is 0.455. The summed E-state index contributed by atoms with van der Waals surface area (Å²) < 4.78 is 13.1. The number of nitrogen functional groups attached to an aromatic ring is 1. The van der Waals surface area contributed by atoms with Crippen LogP contribution in [0.15, 0.2) is 12.1 Å². The number of anilines is 2. The van der Waals surface area contributed by atoms with E-state index in [1.165, 1.54) is 6.07 Å². The summed E-state index contributed by atoms with van der Waals surface area (Å²) >= 11 is 0. The predicted octanol–water partition coefficient (Wildman–Crippen LogP) is 1.65. The Kier molecular flexibility index (Phi) is 2.31. The molecule has 3 nitrogen and oxygen atoms in total. The summed E-state index contributed by atoms with van der Waals surface area (Å²) in [5.74, 6) is -0.299. The van der Waals surface area contributed by atoms with Gasteiger partial charge >= 0.3 is 0 Å². The second kappa shape index (κ2) is 3.38. The lowest BCUT2D eigenvalue weighted by molar-refractivity contribution is 0.266. The molecule has 1 saturated carbocycles. The van der Waals surface area contributed by atoms with Crippen molar-refractivity contribution in [3.05, 3.63) is 23.5 Å². The molecule has 1 aliphatic carbocycles. The van der Waals surface area contributed by atoms with Crippen LogP contribution in [-0.2, 0) is 0 Å². The number of halogens is 1. The standard InChI is InChI=1S/C11H15FN2O/c1-7-4-10(9(13)5-8(7)12)14-11(6-15)2-3-11/h4-5,14-15H,2-3,6,13H2,1H3. The molecule has 0 saturated heterocycles. The first-order chi connectivity index (χ1) is 7.06. The van der Waals surface area contributed by atoms with Crippen molar-refractivity contribution < 1.29 is 9.50 Å². The Hall–Kier alpha value is -1.29. The number of nitrogens with two attached hydrogens (primary N) is 1. The highest BCUT2D eigenvalue weighted by Crippen LogP contribution is 2.40. The van der Waals surface area contributed by atoms with Crippen LogP contribution in [0.2, 0.25) is 0 Å². The second-order valence-corrected chi connectivity index (χ2v) is 4.25. The number of hydrogen-bond acceptors (Lipinski definition) is 3. The van der Waals surface area contributed by atoms with Crippen molar-refractivity contribution in [3.8, 4) is 0 Å². The van der Waals surface area contributed by atoms with E-state index in [-0.39, 0.29) is 18.0 Å². The van der Waals surface area contributed by atoms with Gasteiger partial charge in [0, 0.05) is 0 Å². The molecule has 0 bridgehead atoms. The van der Waals surface area contributed by atoms with Crippen molar-refractivity contribution in [2.45, 2.75) is 25.3 Å². The Morgan fingerprint density at radius 2 is 2.20 bits per heavy atom. The van der Waals surface area contributed by atoms with Crippen LogP contribution in [0.25, 0.3) is 0 Å². The Bertz CT molecular complexity index is 388. The molecule has 0 spiro atoms. The van der Waals surface area contributed by atoms with Gasteiger partial charge in [0.25, 0.3) is 0 Å². The molecule has 0 heterocycles. The van der Waals surface area contributed by atoms with Crippen LogP contribution < -0.4 is 11.1 Å². The molecule has 1 aromatic carbocycles. The van der Waals surface area contributed by atoms with Gasteiger partial charge in [0.1, 0.15) is 5.82 Å². The number of rotatable bonds is 3. The number of hydrogen-bond donors (Lipinski definition) is 3. The molecule has 0 amide bonds. The van der Waals surface area contributed by atoms with Gasteiger partial charge in [-0.05, 0) is 37.5 Å². The zero-order valence-corrected chi connectivity index (χ0v) is 8.68. The van der Waals surface area contributed by atoms with Crippen molar-refractivity contribution >= 4 is 11.4 Å². The van der Waals surface area contributed by atoms with Crippen LogP contribution in [0.4, 0.5) is 15.8 Å². The molecular weight excluding hydrogens is 195 g/mol. The first-order valence-corrected chi connectivity index (χ1v) is 5.01. The molecule has 82 valence electrons. The van der Waals surface area contributed by atoms with Crippen LogP contribution >= 0.6 is 0 Å². The zero-order valence-electron chi connectivity index (χ0n) is 8.68. The summed E-state index contributed by atoms with van der Waals surface area (Å²) in [5, 5.41) is 12.3. The molecule has 4 heteroatoms. The van der Waals surface area contributed by atoms with E-state index >= 15 is 0 Å². The Morgan fingerprint density at radius 3 is 2.73 bits per heavy atom. The van der Waals surface area contributed by atoms with Crippen molar-refractivity contribution in [2.75, 3.05) is 17.7 Å². The number of benzene rings is 1. The van der Waals surface area contributed by atoms with Crippen molar-refractivity contribution in [3.63, 3.8) is 0 Å². The molecule has 1 aromatic rings. The first-order valence-electron chi connectivity index (χ1n) is 5.01. The van der Waals surface area contributed by atoms with Gasteiger partial charge in [0.15, 0.2) is 0 Å². The minimum absolute atomic E-state index is 0.0862.